The maximum atomic E-state index is 11.8. The monoisotopic (exact) mass is 248 g/mol. The number of amides is 1. The van der Waals surface area contributed by atoms with Crippen molar-refractivity contribution in [3.8, 4) is 0 Å². The molecule has 96 valence electrons. The van der Waals surface area contributed by atoms with Gasteiger partial charge in [0.05, 0.1) is 18.3 Å². The van der Waals surface area contributed by atoms with Crippen LogP contribution in [0, 0.1) is 0 Å². The predicted octanol–water partition coefficient (Wildman–Crippen LogP) is 1.51. The van der Waals surface area contributed by atoms with Gasteiger partial charge in [-0.15, -0.1) is 0 Å². The second-order valence-electron chi connectivity index (χ2n) is 4.06. The standard InChI is InChI=1S/C13H16N2O3/c1-2-18-12(16)8-7-11-14-10-6-4-3-5-9(10)13(17)15-11/h3-6,11,14H,2,7-8H2,1H3,(H,15,17). The summed E-state index contributed by atoms with van der Waals surface area (Å²) in [4.78, 5) is 23.0. The van der Waals surface area contributed by atoms with Crippen LogP contribution in [0.1, 0.15) is 30.1 Å². The summed E-state index contributed by atoms with van der Waals surface area (Å²) >= 11 is 0. The number of nitrogens with one attached hydrogen (secondary N) is 2. The quantitative estimate of drug-likeness (QED) is 0.793. The Morgan fingerprint density at radius 1 is 1.33 bits per heavy atom. The number of benzene rings is 1. The van der Waals surface area contributed by atoms with E-state index in [1.807, 2.05) is 18.2 Å². The smallest absolute Gasteiger partial charge is 0.305 e. The molecule has 1 atom stereocenters. The Bertz CT molecular complexity index is 459. The van der Waals surface area contributed by atoms with E-state index in [4.69, 9.17) is 4.74 Å². The van der Waals surface area contributed by atoms with Gasteiger partial charge in [0.15, 0.2) is 0 Å². The fraction of sp³-hybridized carbons (Fsp3) is 0.385. The largest absolute Gasteiger partial charge is 0.466 e. The van der Waals surface area contributed by atoms with E-state index in [2.05, 4.69) is 10.6 Å². The van der Waals surface area contributed by atoms with E-state index in [-0.39, 0.29) is 24.5 Å². The molecule has 1 aliphatic heterocycles. The second-order valence-corrected chi connectivity index (χ2v) is 4.06. The highest BCUT2D eigenvalue weighted by molar-refractivity contribution is 6.01. The number of anilines is 1. The molecule has 0 fully saturated rings. The number of carbonyl (C=O) groups is 2. The Morgan fingerprint density at radius 3 is 2.89 bits per heavy atom. The minimum atomic E-state index is -0.243. The van der Waals surface area contributed by atoms with E-state index in [0.717, 1.165) is 5.69 Å². The van der Waals surface area contributed by atoms with Crippen LogP contribution in [-0.4, -0.2) is 24.6 Å². The van der Waals surface area contributed by atoms with Crippen molar-refractivity contribution < 1.29 is 14.3 Å². The van der Waals surface area contributed by atoms with Crippen LogP contribution >= 0.6 is 0 Å². The fourth-order valence-corrected chi connectivity index (χ4v) is 1.91. The highest BCUT2D eigenvalue weighted by atomic mass is 16.5. The molecule has 2 rings (SSSR count). The molecule has 0 spiro atoms. The molecule has 5 nitrogen and oxygen atoms in total. The van der Waals surface area contributed by atoms with Gasteiger partial charge in [0, 0.05) is 12.1 Å². The lowest BCUT2D eigenvalue weighted by Gasteiger charge is -2.27. The maximum absolute atomic E-state index is 11.8. The van der Waals surface area contributed by atoms with Crippen LogP contribution in [0.4, 0.5) is 5.69 Å². The molecule has 1 aliphatic rings. The van der Waals surface area contributed by atoms with E-state index in [1.165, 1.54) is 0 Å². The van der Waals surface area contributed by atoms with Gasteiger partial charge in [0.1, 0.15) is 0 Å². The van der Waals surface area contributed by atoms with Crippen LogP contribution in [0.25, 0.3) is 0 Å². The van der Waals surface area contributed by atoms with E-state index < -0.39 is 0 Å². The third-order valence-electron chi connectivity index (χ3n) is 2.75. The maximum Gasteiger partial charge on any atom is 0.305 e. The van der Waals surface area contributed by atoms with Crippen LogP contribution < -0.4 is 10.6 Å². The van der Waals surface area contributed by atoms with Crippen LogP contribution in [-0.2, 0) is 9.53 Å². The number of carbonyl (C=O) groups excluding carboxylic acids is 2. The van der Waals surface area contributed by atoms with Crippen molar-refractivity contribution in [3.63, 3.8) is 0 Å². The summed E-state index contributed by atoms with van der Waals surface area (Å²) in [7, 11) is 0. The lowest BCUT2D eigenvalue weighted by Crippen LogP contribution is -2.45. The SMILES string of the molecule is CCOC(=O)CCC1NC(=O)c2ccccc2N1. The molecule has 2 N–H and O–H groups in total. The molecule has 1 aromatic rings. The molecule has 0 radical (unpaired) electrons. The summed E-state index contributed by atoms with van der Waals surface area (Å²) in [6, 6.07) is 7.30. The Morgan fingerprint density at radius 2 is 2.11 bits per heavy atom. The first kappa shape index (κ1) is 12.4. The van der Waals surface area contributed by atoms with Gasteiger partial charge < -0.3 is 15.4 Å². The molecule has 1 amide bonds. The molecule has 18 heavy (non-hydrogen) atoms. The zero-order valence-corrected chi connectivity index (χ0v) is 10.2. The molecule has 5 heteroatoms. The molecule has 0 aliphatic carbocycles. The van der Waals surface area contributed by atoms with Gasteiger partial charge in [-0.3, -0.25) is 9.59 Å². The molecular formula is C13H16N2O3. The summed E-state index contributed by atoms with van der Waals surface area (Å²) in [6.45, 7) is 2.15. The number of hydrogen-bond donors (Lipinski definition) is 2. The van der Waals surface area contributed by atoms with Gasteiger partial charge in [-0.25, -0.2) is 0 Å². The van der Waals surface area contributed by atoms with Crippen molar-refractivity contribution in [1.29, 1.82) is 0 Å². The summed E-state index contributed by atoms with van der Waals surface area (Å²) in [5, 5.41) is 6.00. The van der Waals surface area contributed by atoms with E-state index >= 15 is 0 Å². The van der Waals surface area contributed by atoms with Crippen molar-refractivity contribution in [2.24, 2.45) is 0 Å². The summed E-state index contributed by atoms with van der Waals surface area (Å²) in [6.07, 6.45) is 0.573. The van der Waals surface area contributed by atoms with E-state index in [1.54, 1.807) is 13.0 Å². The molecule has 0 bridgehead atoms. The van der Waals surface area contributed by atoms with Gasteiger partial charge in [0.2, 0.25) is 0 Å². The Kier molecular flexibility index (Phi) is 3.82. The van der Waals surface area contributed by atoms with Crippen molar-refractivity contribution in [2.75, 3.05) is 11.9 Å². The summed E-state index contributed by atoms with van der Waals surface area (Å²) < 4.78 is 4.85. The van der Waals surface area contributed by atoms with Crippen LogP contribution in [0.5, 0.6) is 0 Å². The second kappa shape index (κ2) is 5.53. The minimum absolute atomic E-state index is 0.113. The normalized spacial score (nSPS) is 17.4. The zero-order chi connectivity index (χ0) is 13.0. The average Bonchev–Trinajstić information content (AvgIpc) is 2.37. The number of ether oxygens (including phenoxy) is 1. The molecule has 0 aromatic heterocycles. The lowest BCUT2D eigenvalue weighted by molar-refractivity contribution is -0.143. The lowest BCUT2D eigenvalue weighted by atomic mass is 10.1. The third kappa shape index (κ3) is 2.80. The first-order chi connectivity index (χ1) is 8.70. The minimum Gasteiger partial charge on any atom is -0.466 e. The number of esters is 1. The van der Waals surface area contributed by atoms with Gasteiger partial charge in [-0.2, -0.15) is 0 Å². The average molecular weight is 248 g/mol. The first-order valence-corrected chi connectivity index (χ1v) is 6.02. The van der Waals surface area contributed by atoms with Crippen LogP contribution in [0.3, 0.4) is 0 Å². The van der Waals surface area contributed by atoms with Gasteiger partial charge in [-0.1, -0.05) is 12.1 Å². The zero-order valence-electron chi connectivity index (χ0n) is 10.2. The highest BCUT2D eigenvalue weighted by Crippen LogP contribution is 2.20. The Labute approximate surface area is 106 Å². The molecule has 0 saturated carbocycles. The third-order valence-corrected chi connectivity index (χ3v) is 2.75. The van der Waals surface area contributed by atoms with Crippen molar-refractivity contribution in [3.05, 3.63) is 29.8 Å². The van der Waals surface area contributed by atoms with Gasteiger partial charge in [-0.05, 0) is 25.5 Å². The topological polar surface area (TPSA) is 67.4 Å². The van der Waals surface area contributed by atoms with E-state index in [9.17, 15) is 9.59 Å². The highest BCUT2D eigenvalue weighted by Gasteiger charge is 2.23. The molecule has 0 saturated heterocycles. The Hall–Kier alpha value is -2.04. The van der Waals surface area contributed by atoms with Crippen molar-refractivity contribution in [1.82, 2.24) is 5.32 Å². The number of fused-ring (bicyclic) bond motifs is 1. The molecule has 1 unspecified atom stereocenters. The van der Waals surface area contributed by atoms with Gasteiger partial charge in [0.25, 0.3) is 5.91 Å². The Balaban J connectivity index is 1.95. The molecular weight excluding hydrogens is 232 g/mol. The summed E-state index contributed by atoms with van der Waals surface area (Å²) in [5.41, 5.74) is 1.43. The predicted molar refractivity (Wildman–Crippen MR) is 67.2 cm³/mol. The van der Waals surface area contributed by atoms with Gasteiger partial charge >= 0.3 is 5.97 Å². The number of rotatable bonds is 4. The molecule has 1 heterocycles. The van der Waals surface area contributed by atoms with Crippen molar-refractivity contribution >= 4 is 17.6 Å². The van der Waals surface area contributed by atoms with Crippen LogP contribution in [0.15, 0.2) is 24.3 Å². The molecule has 1 aromatic carbocycles. The number of hydrogen-bond acceptors (Lipinski definition) is 4. The van der Waals surface area contributed by atoms with Crippen molar-refractivity contribution in [2.45, 2.75) is 25.9 Å². The first-order valence-electron chi connectivity index (χ1n) is 6.02. The summed E-state index contributed by atoms with van der Waals surface area (Å²) in [5.74, 6) is -0.356. The van der Waals surface area contributed by atoms with E-state index in [0.29, 0.717) is 18.6 Å². The fourth-order valence-electron chi connectivity index (χ4n) is 1.91. The van der Waals surface area contributed by atoms with Crippen LogP contribution in [0.2, 0.25) is 0 Å². The number of para-hydroxylation sites is 1.